The lowest BCUT2D eigenvalue weighted by atomic mass is 9.34. The number of aromatic nitrogens is 2. The molecule has 0 spiro atoms. The van der Waals surface area contributed by atoms with Gasteiger partial charge in [0.15, 0.2) is 0 Å². The summed E-state index contributed by atoms with van der Waals surface area (Å²) in [5.41, 5.74) is 14.1. The van der Waals surface area contributed by atoms with Crippen molar-refractivity contribution in [1.29, 1.82) is 0 Å². The summed E-state index contributed by atoms with van der Waals surface area (Å²) in [6, 6.07) is 65.8. The van der Waals surface area contributed by atoms with Gasteiger partial charge in [-0.15, -0.1) is 0 Å². The van der Waals surface area contributed by atoms with Crippen molar-refractivity contribution in [3.05, 3.63) is 182 Å². The minimum absolute atomic E-state index is 0.0528. The lowest BCUT2D eigenvalue weighted by Crippen LogP contribution is -2.59. The van der Waals surface area contributed by atoms with Crippen molar-refractivity contribution in [1.82, 2.24) is 9.13 Å². The summed E-state index contributed by atoms with van der Waals surface area (Å²) < 4.78 is 11.8. The van der Waals surface area contributed by atoms with Gasteiger partial charge in [0.1, 0.15) is 11.5 Å². The highest BCUT2D eigenvalue weighted by Gasteiger charge is 2.42. The van der Waals surface area contributed by atoms with Crippen LogP contribution in [0.1, 0.15) is 0 Å². The topological polar surface area (TPSA) is 22.3 Å². The molecule has 53 heavy (non-hydrogen) atoms. The highest BCUT2D eigenvalue weighted by molar-refractivity contribution is 6.99. The maximum atomic E-state index is 6.92. The molecular formula is C48H30BN3O. The largest absolute Gasteiger partial charge is 0.458 e. The van der Waals surface area contributed by atoms with E-state index in [1.807, 2.05) is 0 Å². The van der Waals surface area contributed by atoms with Crippen molar-refractivity contribution in [2.75, 3.05) is 4.90 Å². The molecule has 0 unspecified atom stereocenters. The number of rotatable bonds is 3. The lowest BCUT2D eigenvalue weighted by molar-refractivity contribution is 0.487. The van der Waals surface area contributed by atoms with E-state index in [9.17, 15) is 0 Å². The van der Waals surface area contributed by atoms with Crippen LogP contribution >= 0.6 is 0 Å². The van der Waals surface area contributed by atoms with Crippen molar-refractivity contribution in [2.45, 2.75) is 0 Å². The molecule has 2 aliphatic heterocycles. The average Bonchev–Trinajstić information content (AvgIpc) is 3.72. The molecular weight excluding hydrogens is 645 g/mol. The van der Waals surface area contributed by atoms with Crippen LogP contribution in [0.4, 0.5) is 17.1 Å². The molecule has 0 saturated carbocycles. The Morgan fingerprint density at radius 1 is 0.358 bits per heavy atom. The summed E-state index contributed by atoms with van der Waals surface area (Å²) in [6.07, 6.45) is 0. The number of hydrogen-bond donors (Lipinski definition) is 0. The van der Waals surface area contributed by atoms with Gasteiger partial charge in [-0.05, 0) is 83.1 Å². The van der Waals surface area contributed by atoms with Gasteiger partial charge in [0.25, 0.3) is 6.71 Å². The molecule has 5 heteroatoms. The van der Waals surface area contributed by atoms with Crippen molar-refractivity contribution in [3.8, 4) is 22.9 Å². The van der Waals surface area contributed by atoms with Crippen LogP contribution in [0.3, 0.4) is 0 Å². The Balaban J connectivity index is 1.19. The van der Waals surface area contributed by atoms with Crippen LogP contribution in [0.2, 0.25) is 0 Å². The number of hydrogen-bond acceptors (Lipinski definition) is 2. The van der Waals surface area contributed by atoms with E-state index in [1.165, 1.54) is 54.7 Å². The number of ether oxygens (including phenoxy) is 1. The van der Waals surface area contributed by atoms with Gasteiger partial charge in [0.05, 0.1) is 27.8 Å². The lowest BCUT2D eigenvalue weighted by Gasteiger charge is -2.40. The van der Waals surface area contributed by atoms with Crippen LogP contribution in [0.5, 0.6) is 11.5 Å². The molecule has 0 amide bonds. The summed E-state index contributed by atoms with van der Waals surface area (Å²) in [6.45, 7) is 0.0528. The quantitative estimate of drug-likeness (QED) is 0.174. The normalized spacial score (nSPS) is 13.0. The fourth-order valence-corrected chi connectivity index (χ4v) is 9.18. The van der Waals surface area contributed by atoms with Gasteiger partial charge < -0.3 is 18.8 Å². The Hall–Kier alpha value is -6.98. The third kappa shape index (κ3) is 3.96. The van der Waals surface area contributed by atoms with Crippen molar-refractivity contribution in [2.24, 2.45) is 0 Å². The summed E-state index contributed by atoms with van der Waals surface area (Å²) >= 11 is 0. The summed E-state index contributed by atoms with van der Waals surface area (Å²) in [4.78, 5) is 2.42. The van der Waals surface area contributed by atoms with Gasteiger partial charge in [-0.25, -0.2) is 0 Å². The number of para-hydroxylation sites is 6. The molecule has 2 aliphatic rings. The first-order chi connectivity index (χ1) is 26.3. The standard InChI is InChI=1S/C48H30BN3O/c1-3-15-31(16-4-1)50-40-23-11-7-19-34(40)36-30-44-37(29-43(36)50)35-20-8-12-24-41(35)52(44)33-27-45-48-47(28-33)53-46-26-14-10-22-39(46)49(48)38-21-9-13-25-42(38)51(45)32-17-5-2-6-18-32/h1-30H. The van der Waals surface area contributed by atoms with E-state index in [0.717, 1.165) is 45.3 Å². The van der Waals surface area contributed by atoms with E-state index >= 15 is 0 Å². The van der Waals surface area contributed by atoms with Gasteiger partial charge >= 0.3 is 0 Å². The summed E-state index contributed by atoms with van der Waals surface area (Å²) in [5, 5.41) is 4.90. The van der Waals surface area contributed by atoms with E-state index in [0.29, 0.717) is 0 Å². The second-order valence-electron chi connectivity index (χ2n) is 14.1. The van der Waals surface area contributed by atoms with Crippen molar-refractivity contribution >= 4 is 83.8 Å². The second kappa shape index (κ2) is 10.8. The van der Waals surface area contributed by atoms with Crippen LogP contribution in [-0.4, -0.2) is 15.8 Å². The highest BCUT2D eigenvalue weighted by Crippen LogP contribution is 2.44. The smallest absolute Gasteiger partial charge is 0.256 e. The maximum Gasteiger partial charge on any atom is 0.256 e. The zero-order chi connectivity index (χ0) is 34.6. The number of nitrogens with zero attached hydrogens (tertiary/aromatic N) is 3. The van der Waals surface area contributed by atoms with E-state index in [4.69, 9.17) is 4.74 Å². The molecule has 0 atom stereocenters. The minimum Gasteiger partial charge on any atom is -0.458 e. The Bertz CT molecular complexity index is 3110. The van der Waals surface area contributed by atoms with Crippen LogP contribution < -0.4 is 26.0 Å². The second-order valence-corrected chi connectivity index (χ2v) is 14.1. The predicted molar refractivity (Wildman–Crippen MR) is 221 cm³/mol. The van der Waals surface area contributed by atoms with Crippen LogP contribution in [0.25, 0.3) is 55.0 Å². The first kappa shape index (κ1) is 28.7. The Morgan fingerprint density at radius 3 is 1.60 bits per heavy atom. The first-order valence-electron chi connectivity index (χ1n) is 18.2. The molecule has 4 nitrogen and oxygen atoms in total. The van der Waals surface area contributed by atoms with Crippen LogP contribution in [0, 0.1) is 0 Å². The molecule has 246 valence electrons. The number of benzene rings is 8. The molecule has 12 rings (SSSR count). The van der Waals surface area contributed by atoms with Gasteiger partial charge in [-0.3, -0.25) is 0 Å². The molecule has 0 aliphatic carbocycles. The van der Waals surface area contributed by atoms with E-state index in [-0.39, 0.29) is 6.71 Å². The fourth-order valence-electron chi connectivity index (χ4n) is 9.18. The van der Waals surface area contributed by atoms with E-state index < -0.39 is 0 Å². The molecule has 10 aromatic rings. The minimum atomic E-state index is 0.0528. The third-order valence-corrected chi connectivity index (χ3v) is 11.3. The molecule has 0 saturated heterocycles. The van der Waals surface area contributed by atoms with Crippen molar-refractivity contribution < 1.29 is 4.74 Å². The maximum absolute atomic E-state index is 6.92. The molecule has 8 aromatic carbocycles. The number of anilines is 3. The third-order valence-electron chi connectivity index (χ3n) is 11.3. The average molecular weight is 676 g/mol. The van der Waals surface area contributed by atoms with Gasteiger partial charge in [0, 0.05) is 50.4 Å². The fraction of sp³-hybridized carbons (Fsp3) is 0. The molecule has 4 heterocycles. The zero-order valence-electron chi connectivity index (χ0n) is 28.6. The van der Waals surface area contributed by atoms with Crippen molar-refractivity contribution in [3.63, 3.8) is 0 Å². The van der Waals surface area contributed by atoms with Crippen LogP contribution in [-0.2, 0) is 0 Å². The highest BCUT2D eigenvalue weighted by atomic mass is 16.5. The Labute approximate surface area is 306 Å². The SMILES string of the molecule is c1ccc(N2c3ccccc3B3c4ccccc4Oc4cc(-n5c6ccccc6c6cc7c(cc65)c5ccccc5n7-c5ccccc5)cc2c43)cc1. The summed E-state index contributed by atoms with van der Waals surface area (Å²) in [7, 11) is 0. The Morgan fingerprint density at radius 2 is 0.906 bits per heavy atom. The van der Waals surface area contributed by atoms with E-state index in [1.54, 1.807) is 0 Å². The predicted octanol–water partition coefficient (Wildman–Crippen LogP) is 10.3. The van der Waals surface area contributed by atoms with Crippen LogP contribution in [0.15, 0.2) is 182 Å². The first-order valence-corrected chi connectivity index (χ1v) is 18.2. The van der Waals surface area contributed by atoms with Gasteiger partial charge in [-0.2, -0.15) is 0 Å². The molecule has 0 radical (unpaired) electrons. The molecule has 2 aromatic heterocycles. The monoisotopic (exact) mass is 675 g/mol. The van der Waals surface area contributed by atoms with E-state index in [2.05, 4.69) is 196 Å². The molecule has 0 fully saturated rings. The molecule has 0 bridgehead atoms. The van der Waals surface area contributed by atoms with Gasteiger partial charge in [0.2, 0.25) is 0 Å². The number of fused-ring (bicyclic) bond motifs is 10. The Kier molecular flexibility index (Phi) is 5.83. The summed E-state index contributed by atoms with van der Waals surface area (Å²) in [5.74, 6) is 1.80. The van der Waals surface area contributed by atoms with Gasteiger partial charge in [-0.1, -0.05) is 109 Å². The zero-order valence-corrected chi connectivity index (χ0v) is 28.6. The molecule has 0 N–H and O–H groups in total.